The van der Waals surface area contributed by atoms with Gasteiger partial charge in [-0.05, 0) is 27.4 Å². The molecule has 0 fully saturated rings. The normalized spacial score (nSPS) is 10.8. The summed E-state index contributed by atoms with van der Waals surface area (Å²) < 4.78 is 0. The van der Waals surface area contributed by atoms with Gasteiger partial charge in [0.15, 0.2) is 0 Å². The first kappa shape index (κ1) is 17.9. The number of hydrogen-bond acceptors (Lipinski definition) is 1. The molecule has 0 amide bonds. The Hall–Kier alpha value is -0.0400. The average molecular weight is 175 g/mol. The van der Waals surface area contributed by atoms with Crippen molar-refractivity contribution >= 4 is 0 Å². The molecule has 0 aliphatic rings. The molecule has 0 aromatic carbocycles. The van der Waals surface area contributed by atoms with Gasteiger partial charge in [0.05, 0.1) is 0 Å². The van der Waals surface area contributed by atoms with Crippen molar-refractivity contribution in [2.75, 3.05) is 14.1 Å². The Morgan fingerprint density at radius 3 is 1.42 bits per heavy atom. The van der Waals surface area contributed by atoms with Gasteiger partial charge in [-0.1, -0.05) is 41.0 Å². The van der Waals surface area contributed by atoms with Crippen molar-refractivity contribution in [1.29, 1.82) is 0 Å². The van der Waals surface area contributed by atoms with E-state index < -0.39 is 0 Å². The molecule has 0 heterocycles. The molecule has 0 saturated heterocycles. The van der Waals surface area contributed by atoms with Crippen LogP contribution in [0.5, 0.6) is 0 Å². The van der Waals surface area contributed by atoms with Crippen LogP contribution in [0.25, 0.3) is 0 Å². The van der Waals surface area contributed by atoms with E-state index in [2.05, 4.69) is 32.8 Å². The molecule has 0 rings (SSSR count). The Balaban J connectivity index is -0.000000175. The lowest BCUT2D eigenvalue weighted by Gasteiger charge is -2.17. The Bertz CT molecular complexity index is 51.0. The Morgan fingerprint density at radius 2 is 1.33 bits per heavy atom. The van der Waals surface area contributed by atoms with E-state index in [0.717, 1.165) is 6.04 Å². The molecular formula is C11H29N. The molecule has 0 N–H and O–H groups in total. The second-order valence-electron chi connectivity index (χ2n) is 2.60. The first-order valence-electron chi connectivity index (χ1n) is 5.35. The van der Waals surface area contributed by atoms with E-state index in [1.54, 1.807) is 0 Å². The summed E-state index contributed by atoms with van der Waals surface area (Å²) >= 11 is 0. The van der Waals surface area contributed by atoms with E-state index in [9.17, 15) is 0 Å². The van der Waals surface area contributed by atoms with Crippen LogP contribution in [0.2, 0.25) is 0 Å². The van der Waals surface area contributed by atoms with E-state index in [4.69, 9.17) is 0 Å². The van der Waals surface area contributed by atoms with Crippen LogP contribution in [0.4, 0.5) is 0 Å². The minimum Gasteiger partial charge on any atom is -0.307 e. The van der Waals surface area contributed by atoms with Gasteiger partial charge in [-0.3, -0.25) is 0 Å². The first-order chi connectivity index (χ1) is 5.68. The molecule has 1 heteroatoms. The van der Waals surface area contributed by atoms with Gasteiger partial charge in [0.1, 0.15) is 0 Å². The lowest BCUT2D eigenvalue weighted by atomic mass is 10.2. The van der Waals surface area contributed by atoms with Crippen LogP contribution in [0.3, 0.4) is 0 Å². The maximum Gasteiger partial charge on any atom is 0.00607 e. The SMILES string of the molecule is CC.CC.CCCC(C)N(C)C. The van der Waals surface area contributed by atoms with Crippen LogP contribution in [0, 0.1) is 0 Å². The van der Waals surface area contributed by atoms with Gasteiger partial charge in [-0.25, -0.2) is 0 Å². The summed E-state index contributed by atoms with van der Waals surface area (Å²) in [7, 11) is 4.25. The van der Waals surface area contributed by atoms with Gasteiger partial charge >= 0.3 is 0 Å². The summed E-state index contributed by atoms with van der Waals surface area (Å²) in [6, 6.07) is 0.750. The minimum atomic E-state index is 0.750. The number of nitrogens with zero attached hydrogens (tertiary/aromatic N) is 1. The van der Waals surface area contributed by atoms with Gasteiger partial charge in [-0.15, -0.1) is 0 Å². The third-order valence-corrected chi connectivity index (χ3v) is 1.59. The van der Waals surface area contributed by atoms with Crippen LogP contribution in [-0.4, -0.2) is 25.0 Å². The zero-order valence-electron chi connectivity index (χ0n) is 10.4. The van der Waals surface area contributed by atoms with Crippen LogP contribution in [-0.2, 0) is 0 Å². The van der Waals surface area contributed by atoms with Crippen LogP contribution < -0.4 is 0 Å². The molecule has 0 radical (unpaired) electrons. The van der Waals surface area contributed by atoms with E-state index in [-0.39, 0.29) is 0 Å². The molecule has 78 valence electrons. The Labute approximate surface area is 80.2 Å². The van der Waals surface area contributed by atoms with E-state index in [0.29, 0.717) is 0 Å². The fourth-order valence-electron chi connectivity index (χ4n) is 0.676. The molecule has 1 atom stereocenters. The van der Waals surface area contributed by atoms with Crippen molar-refractivity contribution < 1.29 is 0 Å². The summed E-state index contributed by atoms with van der Waals surface area (Å²) in [6.07, 6.45) is 2.60. The molecule has 0 bridgehead atoms. The smallest absolute Gasteiger partial charge is 0.00607 e. The van der Waals surface area contributed by atoms with Crippen molar-refractivity contribution in [2.24, 2.45) is 0 Å². The second-order valence-corrected chi connectivity index (χ2v) is 2.60. The quantitative estimate of drug-likeness (QED) is 0.631. The Kier molecular flexibility index (Phi) is 25.6. The topological polar surface area (TPSA) is 3.24 Å². The summed E-state index contributed by atoms with van der Waals surface area (Å²) in [4.78, 5) is 2.25. The summed E-state index contributed by atoms with van der Waals surface area (Å²) in [6.45, 7) is 12.5. The molecule has 12 heavy (non-hydrogen) atoms. The maximum absolute atomic E-state index is 2.25. The third kappa shape index (κ3) is 16.5. The lowest BCUT2D eigenvalue weighted by Crippen LogP contribution is -2.23. The zero-order valence-corrected chi connectivity index (χ0v) is 10.4. The van der Waals surface area contributed by atoms with Crippen LogP contribution >= 0.6 is 0 Å². The summed E-state index contributed by atoms with van der Waals surface area (Å²) in [5.74, 6) is 0. The Morgan fingerprint density at radius 1 is 1.00 bits per heavy atom. The van der Waals surface area contributed by atoms with Gasteiger partial charge < -0.3 is 4.90 Å². The highest BCUT2D eigenvalue weighted by atomic mass is 15.1. The second kappa shape index (κ2) is 17.2. The van der Waals surface area contributed by atoms with Crippen molar-refractivity contribution in [2.45, 2.75) is 60.4 Å². The number of rotatable bonds is 3. The molecule has 0 spiro atoms. The highest BCUT2D eigenvalue weighted by Crippen LogP contribution is 1.99. The largest absolute Gasteiger partial charge is 0.307 e. The highest BCUT2D eigenvalue weighted by molar-refractivity contribution is 4.56. The standard InChI is InChI=1S/C7H17N.2C2H6/c1-5-6-7(2)8(3)4;2*1-2/h7H,5-6H2,1-4H3;2*1-2H3. The molecular weight excluding hydrogens is 146 g/mol. The predicted octanol–water partition coefficient (Wildman–Crippen LogP) is 3.79. The van der Waals surface area contributed by atoms with Crippen molar-refractivity contribution in [1.82, 2.24) is 4.90 Å². The number of hydrogen-bond donors (Lipinski definition) is 0. The molecule has 0 aliphatic heterocycles. The average Bonchev–Trinajstić information content (AvgIpc) is 2.12. The van der Waals surface area contributed by atoms with Crippen LogP contribution in [0.15, 0.2) is 0 Å². The third-order valence-electron chi connectivity index (χ3n) is 1.59. The van der Waals surface area contributed by atoms with E-state index in [1.807, 2.05) is 27.7 Å². The van der Waals surface area contributed by atoms with E-state index in [1.165, 1.54) is 12.8 Å². The van der Waals surface area contributed by atoms with Gasteiger partial charge in [0.25, 0.3) is 0 Å². The molecule has 0 aromatic heterocycles. The molecule has 1 unspecified atom stereocenters. The zero-order chi connectivity index (χ0) is 10.6. The van der Waals surface area contributed by atoms with Gasteiger partial charge in [0, 0.05) is 6.04 Å². The summed E-state index contributed by atoms with van der Waals surface area (Å²) in [5, 5.41) is 0. The highest BCUT2D eigenvalue weighted by Gasteiger charge is 1.99. The van der Waals surface area contributed by atoms with E-state index >= 15 is 0 Å². The van der Waals surface area contributed by atoms with Crippen molar-refractivity contribution in [3.8, 4) is 0 Å². The monoisotopic (exact) mass is 175 g/mol. The van der Waals surface area contributed by atoms with Gasteiger partial charge in [-0.2, -0.15) is 0 Å². The molecule has 0 aliphatic carbocycles. The van der Waals surface area contributed by atoms with Gasteiger partial charge in [0.2, 0.25) is 0 Å². The minimum absolute atomic E-state index is 0.750. The fourth-order valence-corrected chi connectivity index (χ4v) is 0.676. The van der Waals surface area contributed by atoms with Crippen LogP contribution in [0.1, 0.15) is 54.4 Å². The molecule has 0 saturated carbocycles. The molecule has 1 nitrogen and oxygen atoms in total. The fraction of sp³-hybridized carbons (Fsp3) is 1.00. The first-order valence-corrected chi connectivity index (χ1v) is 5.35. The maximum atomic E-state index is 2.25. The molecule has 0 aromatic rings. The lowest BCUT2D eigenvalue weighted by molar-refractivity contribution is 0.297. The predicted molar refractivity (Wildman–Crippen MR) is 60.8 cm³/mol. The van der Waals surface area contributed by atoms with Crippen molar-refractivity contribution in [3.05, 3.63) is 0 Å². The summed E-state index contributed by atoms with van der Waals surface area (Å²) in [5.41, 5.74) is 0. The van der Waals surface area contributed by atoms with Crippen molar-refractivity contribution in [3.63, 3.8) is 0 Å².